The van der Waals surface area contributed by atoms with Crippen molar-refractivity contribution in [2.45, 2.75) is 77.9 Å². The van der Waals surface area contributed by atoms with Gasteiger partial charge in [0.1, 0.15) is 6.61 Å². The van der Waals surface area contributed by atoms with Crippen LogP contribution in [0.15, 0.2) is 12.2 Å². The zero-order chi connectivity index (χ0) is 22.2. The van der Waals surface area contributed by atoms with E-state index in [2.05, 4.69) is 10.6 Å². The molecule has 7 heteroatoms. The number of carbonyl (C=O) groups excluding carboxylic acids is 3. The minimum atomic E-state index is -0.830. The van der Waals surface area contributed by atoms with Gasteiger partial charge in [-0.3, -0.25) is 14.9 Å². The molecule has 7 nitrogen and oxygen atoms in total. The van der Waals surface area contributed by atoms with Gasteiger partial charge < -0.3 is 15.0 Å². The molecule has 0 aliphatic carbocycles. The summed E-state index contributed by atoms with van der Waals surface area (Å²) in [4.78, 5) is 39.6. The molecule has 2 atom stereocenters. The van der Waals surface area contributed by atoms with Crippen LogP contribution in [-0.2, 0) is 14.3 Å². The maximum absolute atomic E-state index is 13.1. The lowest BCUT2D eigenvalue weighted by atomic mass is 9.84. The predicted molar refractivity (Wildman–Crippen MR) is 115 cm³/mol. The van der Waals surface area contributed by atoms with Gasteiger partial charge in [-0.25, -0.2) is 4.79 Å². The Morgan fingerprint density at radius 2 is 1.86 bits per heavy atom. The van der Waals surface area contributed by atoms with E-state index in [0.29, 0.717) is 25.8 Å². The number of ketones is 2. The van der Waals surface area contributed by atoms with Crippen molar-refractivity contribution in [1.82, 2.24) is 15.5 Å². The molecule has 0 saturated carbocycles. The van der Waals surface area contributed by atoms with E-state index in [1.165, 1.54) is 4.90 Å². The van der Waals surface area contributed by atoms with Crippen LogP contribution in [0.1, 0.15) is 60.8 Å². The second-order valence-corrected chi connectivity index (χ2v) is 9.04. The van der Waals surface area contributed by atoms with Crippen molar-refractivity contribution in [3.05, 3.63) is 12.2 Å². The van der Waals surface area contributed by atoms with Crippen LogP contribution in [0.2, 0.25) is 0 Å². The minimum absolute atomic E-state index is 0.00242. The summed E-state index contributed by atoms with van der Waals surface area (Å²) in [5.41, 5.74) is -1.61. The van der Waals surface area contributed by atoms with Crippen LogP contribution in [-0.4, -0.2) is 66.4 Å². The molecule has 1 amide bonds. The molecule has 0 aromatic rings. The van der Waals surface area contributed by atoms with Gasteiger partial charge in [0.2, 0.25) is 0 Å². The largest absolute Gasteiger partial charge is 0.445 e. The van der Waals surface area contributed by atoms with Gasteiger partial charge in [-0.1, -0.05) is 26.0 Å². The van der Waals surface area contributed by atoms with Crippen LogP contribution in [0.5, 0.6) is 0 Å². The molecule has 1 heterocycles. The van der Waals surface area contributed by atoms with Crippen LogP contribution in [0.3, 0.4) is 0 Å². The number of ether oxygens (including phenoxy) is 1. The topological polar surface area (TPSA) is 87.7 Å². The van der Waals surface area contributed by atoms with Crippen molar-refractivity contribution in [2.75, 3.05) is 26.7 Å². The summed E-state index contributed by atoms with van der Waals surface area (Å²) >= 11 is 0. The molecule has 0 radical (unpaired) electrons. The maximum atomic E-state index is 13.1. The summed E-state index contributed by atoms with van der Waals surface area (Å²) in [6, 6.07) is 0.120. The van der Waals surface area contributed by atoms with Crippen LogP contribution < -0.4 is 10.6 Å². The first-order valence-corrected chi connectivity index (χ1v) is 10.5. The maximum Gasteiger partial charge on any atom is 0.409 e. The monoisotopic (exact) mass is 409 g/mol. The number of carbonyl (C=O) groups is 3. The molecule has 0 unspecified atom stereocenters. The molecule has 166 valence electrons. The van der Waals surface area contributed by atoms with E-state index in [4.69, 9.17) is 4.74 Å². The fourth-order valence-corrected chi connectivity index (χ4v) is 3.67. The highest BCUT2D eigenvalue weighted by molar-refractivity contribution is 5.93. The quantitative estimate of drug-likeness (QED) is 0.694. The summed E-state index contributed by atoms with van der Waals surface area (Å²) < 4.78 is 5.26. The Kier molecular flexibility index (Phi) is 9.49. The summed E-state index contributed by atoms with van der Waals surface area (Å²) in [5.74, 6) is -0.0867. The van der Waals surface area contributed by atoms with E-state index in [-0.39, 0.29) is 36.7 Å². The van der Waals surface area contributed by atoms with Crippen molar-refractivity contribution in [2.24, 2.45) is 5.92 Å². The van der Waals surface area contributed by atoms with E-state index in [9.17, 15) is 14.4 Å². The fraction of sp³-hybridized carbons (Fsp3) is 0.773. The van der Waals surface area contributed by atoms with Crippen LogP contribution >= 0.6 is 0 Å². The number of nitrogens with one attached hydrogen (secondary N) is 2. The van der Waals surface area contributed by atoms with Gasteiger partial charge in [0.15, 0.2) is 11.6 Å². The lowest BCUT2D eigenvalue weighted by Crippen LogP contribution is -2.59. The number of hydrogen-bond donors (Lipinski definition) is 2. The van der Waals surface area contributed by atoms with E-state index in [1.54, 1.807) is 13.1 Å². The van der Waals surface area contributed by atoms with Gasteiger partial charge in [-0.2, -0.15) is 0 Å². The average molecular weight is 410 g/mol. The second kappa shape index (κ2) is 10.9. The van der Waals surface area contributed by atoms with Gasteiger partial charge >= 0.3 is 6.09 Å². The number of Topliss-reactive ketones (excluding diaryl/α,β-unsaturated/α-hetero) is 2. The van der Waals surface area contributed by atoms with Gasteiger partial charge in [-0.15, -0.1) is 0 Å². The Morgan fingerprint density at radius 1 is 1.21 bits per heavy atom. The smallest absolute Gasteiger partial charge is 0.409 e. The fourth-order valence-electron chi connectivity index (χ4n) is 3.67. The second-order valence-electron chi connectivity index (χ2n) is 9.04. The van der Waals surface area contributed by atoms with E-state index >= 15 is 0 Å². The SMILES string of the molecule is CC(C)N[C@]1(C)C/C=C/COC(=O)N(C)CCC[C@@](C)(C(=O)C(C)C)NCC1=O. The number of rotatable bonds is 4. The molecular formula is C22H39N3O4. The van der Waals surface area contributed by atoms with E-state index in [1.807, 2.05) is 47.6 Å². The predicted octanol–water partition coefficient (Wildman–Crippen LogP) is 2.69. The van der Waals surface area contributed by atoms with E-state index < -0.39 is 17.2 Å². The molecule has 0 aromatic carbocycles. The first-order chi connectivity index (χ1) is 13.4. The first kappa shape index (κ1) is 25.3. The van der Waals surface area contributed by atoms with Crippen molar-refractivity contribution >= 4 is 17.7 Å². The summed E-state index contributed by atoms with van der Waals surface area (Å²) in [6.07, 6.45) is 4.85. The highest BCUT2D eigenvalue weighted by Gasteiger charge is 2.37. The molecule has 0 spiro atoms. The molecule has 0 bridgehead atoms. The third-order valence-corrected chi connectivity index (χ3v) is 5.41. The Hall–Kier alpha value is -1.73. The van der Waals surface area contributed by atoms with Crippen LogP contribution in [0.4, 0.5) is 4.79 Å². The third kappa shape index (κ3) is 7.55. The van der Waals surface area contributed by atoms with Crippen LogP contribution in [0, 0.1) is 5.92 Å². The summed E-state index contributed by atoms with van der Waals surface area (Å²) in [6.45, 7) is 12.2. The Morgan fingerprint density at radius 3 is 2.45 bits per heavy atom. The number of cyclic esters (lactones) is 1. The lowest BCUT2D eigenvalue weighted by molar-refractivity contribution is -0.129. The molecule has 0 fully saturated rings. The van der Waals surface area contributed by atoms with Crippen molar-refractivity contribution in [1.29, 1.82) is 0 Å². The van der Waals surface area contributed by atoms with Gasteiger partial charge in [0.05, 0.1) is 17.6 Å². The Balaban J connectivity index is 3.14. The first-order valence-electron chi connectivity index (χ1n) is 10.5. The minimum Gasteiger partial charge on any atom is -0.445 e. The molecule has 29 heavy (non-hydrogen) atoms. The third-order valence-electron chi connectivity index (χ3n) is 5.41. The highest BCUT2D eigenvalue weighted by Crippen LogP contribution is 2.21. The number of amides is 1. The molecule has 0 saturated heterocycles. The van der Waals surface area contributed by atoms with Crippen molar-refractivity contribution in [3.63, 3.8) is 0 Å². The standard InChI is InChI=1S/C22H39N3O4/c1-16(2)19(27)22(6)12-10-13-25(7)20(28)29-14-9-8-11-21(5,24-17(3)4)18(26)15-23-22/h8-9,16-17,23-24H,10-15H2,1-7H3/b9-8+/t21-,22+/m1/s1. The lowest BCUT2D eigenvalue weighted by Gasteiger charge is -2.35. The van der Waals surface area contributed by atoms with Gasteiger partial charge in [-0.05, 0) is 47.0 Å². The average Bonchev–Trinajstić information content (AvgIpc) is 2.63. The highest BCUT2D eigenvalue weighted by atomic mass is 16.6. The number of nitrogens with zero attached hydrogens (tertiary/aromatic N) is 1. The Labute approximate surface area is 175 Å². The van der Waals surface area contributed by atoms with Gasteiger partial charge in [0, 0.05) is 25.6 Å². The van der Waals surface area contributed by atoms with Gasteiger partial charge in [0.25, 0.3) is 0 Å². The molecule has 1 aliphatic heterocycles. The van der Waals surface area contributed by atoms with Crippen LogP contribution in [0.25, 0.3) is 0 Å². The zero-order valence-electron chi connectivity index (χ0n) is 19.1. The normalized spacial score (nSPS) is 29.3. The Bertz CT molecular complexity index is 617. The zero-order valence-corrected chi connectivity index (χ0v) is 19.1. The summed E-state index contributed by atoms with van der Waals surface area (Å²) in [7, 11) is 1.69. The number of hydrogen-bond acceptors (Lipinski definition) is 6. The van der Waals surface area contributed by atoms with Crippen molar-refractivity contribution < 1.29 is 19.1 Å². The van der Waals surface area contributed by atoms with E-state index in [0.717, 1.165) is 0 Å². The van der Waals surface area contributed by atoms with Crippen molar-refractivity contribution in [3.8, 4) is 0 Å². The summed E-state index contributed by atoms with van der Waals surface area (Å²) in [5, 5.41) is 6.61. The molecule has 0 aromatic heterocycles. The molecular weight excluding hydrogens is 370 g/mol. The molecule has 2 N–H and O–H groups in total. The molecule has 1 aliphatic rings. The molecule has 1 rings (SSSR count).